The smallest absolute Gasteiger partial charge is 0.170 e. The van der Waals surface area contributed by atoms with Gasteiger partial charge in [0.05, 0.1) is 5.41 Å². The summed E-state index contributed by atoms with van der Waals surface area (Å²) in [5, 5.41) is 0. The Kier molecular flexibility index (Phi) is 6.22. The molecule has 0 aliphatic rings. The molecule has 0 nitrogen and oxygen atoms in total. The van der Waals surface area contributed by atoms with Gasteiger partial charge in [-0.1, -0.05) is 61.3 Å². The lowest BCUT2D eigenvalue weighted by atomic mass is 9.58. The summed E-state index contributed by atoms with van der Waals surface area (Å²) in [6.45, 7) is 12.8. The highest BCUT2D eigenvalue weighted by atomic mass is 19.4. The molecule has 0 N–H and O–H groups in total. The molecule has 0 saturated heterocycles. The minimum Gasteiger partial charge on any atom is -0.170 e. The lowest BCUT2D eigenvalue weighted by Crippen LogP contribution is -2.51. The Morgan fingerprint density at radius 2 is 1.17 bits per heavy atom. The molecule has 0 saturated carbocycles. The highest BCUT2D eigenvalue weighted by molar-refractivity contribution is 4.95. The third kappa shape index (κ3) is 3.21. The Labute approximate surface area is 110 Å². The molecule has 0 bridgehead atoms. The number of alkyl halides is 3. The molecule has 0 fully saturated rings. The summed E-state index contributed by atoms with van der Waals surface area (Å²) in [6.07, 6.45) is -2.96. The van der Waals surface area contributed by atoms with E-state index in [1.807, 2.05) is 41.5 Å². The van der Waals surface area contributed by atoms with Crippen molar-refractivity contribution >= 4 is 0 Å². The highest BCUT2D eigenvalue weighted by Crippen LogP contribution is 2.55. The summed E-state index contributed by atoms with van der Waals surface area (Å²) < 4.78 is 41.1. The molecule has 0 aromatic heterocycles. The van der Waals surface area contributed by atoms with E-state index in [1.54, 1.807) is 0 Å². The van der Waals surface area contributed by atoms with Gasteiger partial charge in [0.25, 0.3) is 0 Å². The summed E-state index contributed by atoms with van der Waals surface area (Å²) in [7, 11) is 0. The van der Waals surface area contributed by atoms with Gasteiger partial charge in [0, 0.05) is 0 Å². The molecule has 0 aliphatic heterocycles. The van der Waals surface area contributed by atoms with Crippen LogP contribution in [0.15, 0.2) is 0 Å². The highest BCUT2D eigenvalue weighted by Gasteiger charge is 2.59. The van der Waals surface area contributed by atoms with Gasteiger partial charge >= 0.3 is 6.18 Å². The van der Waals surface area contributed by atoms with Crippen LogP contribution in [-0.4, -0.2) is 6.18 Å². The summed E-state index contributed by atoms with van der Waals surface area (Å²) in [5.41, 5.74) is -1.58. The molecule has 0 aliphatic carbocycles. The van der Waals surface area contributed by atoms with Crippen molar-refractivity contribution < 1.29 is 13.2 Å². The molecule has 1 atom stereocenters. The lowest BCUT2D eigenvalue weighted by molar-refractivity contribution is -0.268. The average Bonchev–Trinajstić information content (AvgIpc) is 2.16. The molecule has 0 spiro atoms. The van der Waals surface area contributed by atoms with Crippen LogP contribution in [-0.2, 0) is 0 Å². The van der Waals surface area contributed by atoms with Gasteiger partial charge in [0.15, 0.2) is 0 Å². The molecule has 18 heavy (non-hydrogen) atoms. The van der Waals surface area contributed by atoms with Crippen LogP contribution >= 0.6 is 0 Å². The van der Waals surface area contributed by atoms with Crippen LogP contribution in [0.4, 0.5) is 13.2 Å². The van der Waals surface area contributed by atoms with Crippen LogP contribution in [0.3, 0.4) is 0 Å². The van der Waals surface area contributed by atoms with Gasteiger partial charge in [-0.25, -0.2) is 0 Å². The quantitative estimate of drug-likeness (QED) is 0.560. The molecular formula is C15H29F3. The Morgan fingerprint density at radius 3 is 1.33 bits per heavy atom. The van der Waals surface area contributed by atoms with E-state index in [0.717, 1.165) is 0 Å². The SMILES string of the molecule is CCC(CC)[C@@](C)(C(C(C)C)C(C)C)C(F)(F)F. The predicted octanol–water partition coefficient (Wildman–Crippen LogP) is 5.92. The second kappa shape index (κ2) is 6.29. The van der Waals surface area contributed by atoms with E-state index in [2.05, 4.69) is 0 Å². The second-order valence-electron chi connectivity index (χ2n) is 6.31. The Balaban J connectivity index is 5.72. The first kappa shape index (κ1) is 17.8. The zero-order valence-corrected chi connectivity index (χ0v) is 12.9. The van der Waals surface area contributed by atoms with Crippen molar-refractivity contribution in [1.82, 2.24) is 0 Å². The maximum absolute atomic E-state index is 13.7. The topological polar surface area (TPSA) is 0 Å². The summed E-state index contributed by atoms with van der Waals surface area (Å²) in [5.74, 6) is -0.552. The molecule has 3 heteroatoms. The van der Waals surface area contributed by atoms with Gasteiger partial charge in [0.2, 0.25) is 0 Å². The second-order valence-corrected chi connectivity index (χ2v) is 6.31. The van der Waals surface area contributed by atoms with Crippen LogP contribution in [0.2, 0.25) is 0 Å². The van der Waals surface area contributed by atoms with Crippen LogP contribution in [0.25, 0.3) is 0 Å². The molecule has 0 heterocycles. The summed E-state index contributed by atoms with van der Waals surface area (Å²) >= 11 is 0. The van der Waals surface area contributed by atoms with Gasteiger partial charge in [-0.05, 0) is 23.7 Å². The zero-order chi connectivity index (χ0) is 14.7. The number of hydrogen-bond donors (Lipinski definition) is 0. The first-order valence-electron chi connectivity index (χ1n) is 7.10. The first-order valence-corrected chi connectivity index (χ1v) is 7.10. The minimum atomic E-state index is -4.14. The maximum Gasteiger partial charge on any atom is 0.394 e. The van der Waals surface area contributed by atoms with E-state index in [1.165, 1.54) is 6.92 Å². The monoisotopic (exact) mass is 266 g/mol. The van der Waals surface area contributed by atoms with Crippen LogP contribution in [0.1, 0.15) is 61.3 Å². The Morgan fingerprint density at radius 1 is 0.833 bits per heavy atom. The van der Waals surface area contributed by atoms with Crippen molar-refractivity contribution in [3.63, 3.8) is 0 Å². The lowest BCUT2D eigenvalue weighted by Gasteiger charge is -2.48. The molecule has 0 aromatic rings. The molecule has 0 radical (unpaired) electrons. The van der Waals surface area contributed by atoms with Crippen molar-refractivity contribution in [2.24, 2.45) is 29.1 Å². The third-order valence-corrected chi connectivity index (χ3v) is 4.57. The van der Waals surface area contributed by atoms with E-state index in [4.69, 9.17) is 0 Å². The Hall–Kier alpha value is -0.210. The van der Waals surface area contributed by atoms with Crippen molar-refractivity contribution in [3.05, 3.63) is 0 Å². The fourth-order valence-corrected chi connectivity index (χ4v) is 3.98. The van der Waals surface area contributed by atoms with Gasteiger partial charge in [-0.2, -0.15) is 13.2 Å². The molecule has 0 amide bonds. The third-order valence-electron chi connectivity index (χ3n) is 4.57. The average molecular weight is 266 g/mol. The summed E-state index contributed by atoms with van der Waals surface area (Å²) in [4.78, 5) is 0. The van der Waals surface area contributed by atoms with Gasteiger partial charge in [-0.15, -0.1) is 0 Å². The fourth-order valence-electron chi connectivity index (χ4n) is 3.98. The number of hydrogen-bond acceptors (Lipinski definition) is 0. The van der Waals surface area contributed by atoms with Gasteiger partial charge in [-0.3, -0.25) is 0 Å². The molecule has 0 rings (SSSR count). The van der Waals surface area contributed by atoms with Crippen LogP contribution in [0.5, 0.6) is 0 Å². The predicted molar refractivity (Wildman–Crippen MR) is 71.4 cm³/mol. The fraction of sp³-hybridized carbons (Fsp3) is 1.00. The van der Waals surface area contributed by atoms with Crippen molar-refractivity contribution in [3.8, 4) is 0 Å². The van der Waals surface area contributed by atoms with Crippen molar-refractivity contribution in [1.29, 1.82) is 0 Å². The molecule has 0 unspecified atom stereocenters. The van der Waals surface area contributed by atoms with E-state index >= 15 is 0 Å². The first-order chi connectivity index (χ1) is 8.03. The molecule has 110 valence electrons. The van der Waals surface area contributed by atoms with Crippen LogP contribution < -0.4 is 0 Å². The van der Waals surface area contributed by atoms with E-state index in [9.17, 15) is 13.2 Å². The van der Waals surface area contributed by atoms with Crippen LogP contribution in [0, 0.1) is 29.1 Å². The molecular weight excluding hydrogens is 237 g/mol. The summed E-state index contributed by atoms with van der Waals surface area (Å²) in [6, 6.07) is 0. The normalized spacial score (nSPS) is 17.0. The standard InChI is InChI=1S/C15H29F3/c1-8-12(9-2)14(7,15(16,17)18)13(10(3)4)11(5)6/h10-13H,8-9H2,1-7H3/t14-/m0/s1. The van der Waals surface area contributed by atoms with E-state index in [0.29, 0.717) is 12.8 Å². The molecule has 0 aromatic carbocycles. The number of rotatable bonds is 6. The van der Waals surface area contributed by atoms with Gasteiger partial charge in [0.1, 0.15) is 0 Å². The zero-order valence-electron chi connectivity index (χ0n) is 12.9. The number of halogens is 3. The van der Waals surface area contributed by atoms with E-state index < -0.39 is 11.6 Å². The van der Waals surface area contributed by atoms with Crippen molar-refractivity contribution in [2.75, 3.05) is 0 Å². The minimum absolute atomic E-state index is 0.0391. The van der Waals surface area contributed by atoms with Gasteiger partial charge < -0.3 is 0 Å². The van der Waals surface area contributed by atoms with E-state index in [-0.39, 0.29) is 23.7 Å². The van der Waals surface area contributed by atoms with Crippen molar-refractivity contribution in [2.45, 2.75) is 67.5 Å². The maximum atomic E-state index is 13.7. The largest absolute Gasteiger partial charge is 0.394 e. The Bertz CT molecular complexity index is 231.